The largest absolute Gasteiger partial charge is 0.381 e. The number of rotatable bonds is 4. The molecular formula is C14H27N3O2. The topological polar surface area (TPSA) is 58.8 Å². The van der Waals surface area contributed by atoms with E-state index >= 15 is 0 Å². The Morgan fingerprint density at radius 3 is 2.53 bits per heavy atom. The summed E-state index contributed by atoms with van der Waals surface area (Å²) in [6.45, 7) is 10.5. The van der Waals surface area contributed by atoms with Crippen molar-refractivity contribution in [1.29, 1.82) is 0 Å². The summed E-state index contributed by atoms with van der Waals surface area (Å²) in [5, 5.41) is 0. The van der Waals surface area contributed by atoms with E-state index in [2.05, 4.69) is 4.90 Å². The summed E-state index contributed by atoms with van der Waals surface area (Å²) in [6, 6.07) is -0.352. The Labute approximate surface area is 116 Å². The first-order chi connectivity index (χ1) is 9.08. The van der Waals surface area contributed by atoms with Gasteiger partial charge in [0.25, 0.3) is 0 Å². The molecule has 2 rings (SSSR count). The highest BCUT2D eigenvalue weighted by molar-refractivity contribution is 5.82. The van der Waals surface area contributed by atoms with Gasteiger partial charge >= 0.3 is 0 Å². The molecule has 1 unspecified atom stereocenters. The maximum atomic E-state index is 12.2. The fourth-order valence-electron chi connectivity index (χ4n) is 2.74. The van der Waals surface area contributed by atoms with Crippen LogP contribution in [0.15, 0.2) is 0 Å². The van der Waals surface area contributed by atoms with Crippen molar-refractivity contribution >= 4 is 5.91 Å². The maximum absolute atomic E-state index is 12.2. The Hall–Kier alpha value is -0.650. The van der Waals surface area contributed by atoms with E-state index in [9.17, 15) is 4.79 Å². The van der Waals surface area contributed by atoms with Crippen molar-refractivity contribution in [1.82, 2.24) is 9.80 Å². The quantitative estimate of drug-likeness (QED) is 0.789. The highest BCUT2D eigenvalue weighted by Gasteiger charge is 2.28. The number of hydrogen-bond donors (Lipinski definition) is 1. The van der Waals surface area contributed by atoms with Crippen LogP contribution in [0.1, 0.15) is 20.3 Å². The summed E-state index contributed by atoms with van der Waals surface area (Å²) in [7, 11) is 0. The summed E-state index contributed by atoms with van der Waals surface area (Å²) in [6.07, 6.45) is 1.18. The number of ether oxygens (including phenoxy) is 1. The van der Waals surface area contributed by atoms with E-state index in [1.54, 1.807) is 0 Å². The predicted octanol–water partition coefficient (Wildman–Crippen LogP) is 0.150. The molecule has 0 saturated carbocycles. The monoisotopic (exact) mass is 269 g/mol. The molecule has 0 aromatic heterocycles. The van der Waals surface area contributed by atoms with E-state index in [1.165, 1.54) is 6.42 Å². The van der Waals surface area contributed by atoms with Crippen molar-refractivity contribution in [3.8, 4) is 0 Å². The number of nitrogens with zero attached hydrogens (tertiary/aromatic N) is 2. The fraction of sp³-hybridized carbons (Fsp3) is 0.929. The summed E-state index contributed by atoms with van der Waals surface area (Å²) in [5.41, 5.74) is 5.94. The third kappa shape index (κ3) is 3.91. The summed E-state index contributed by atoms with van der Waals surface area (Å²) < 4.78 is 5.41. The number of carbonyl (C=O) groups is 1. The first kappa shape index (κ1) is 14.8. The van der Waals surface area contributed by atoms with Crippen LogP contribution in [0.5, 0.6) is 0 Å². The molecule has 5 nitrogen and oxygen atoms in total. The highest BCUT2D eigenvalue weighted by Crippen LogP contribution is 2.15. The molecule has 0 bridgehead atoms. The van der Waals surface area contributed by atoms with Gasteiger partial charge in [-0.2, -0.15) is 0 Å². The van der Waals surface area contributed by atoms with Crippen LogP contribution < -0.4 is 5.73 Å². The smallest absolute Gasteiger partial charge is 0.239 e. The van der Waals surface area contributed by atoms with Crippen LogP contribution in [-0.4, -0.2) is 67.7 Å². The summed E-state index contributed by atoms with van der Waals surface area (Å²) in [5.74, 6) is 1.00. The van der Waals surface area contributed by atoms with Gasteiger partial charge in [0, 0.05) is 39.3 Å². The first-order valence-electron chi connectivity index (χ1n) is 7.42. The van der Waals surface area contributed by atoms with Crippen LogP contribution in [-0.2, 0) is 9.53 Å². The van der Waals surface area contributed by atoms with E-state index in [-0.39, 0.29) is 17.9 Å². The molecule has 0 aliphatic carbocycles. The predicted molar refractivity (Wildman–Crippen MR) is 74.8 cm³/mol. The molecule has 2 saturated heterocycles. The summed E-state index contributed by atoms with van der Waals surface area (Å²) >= 11 is 0. The van der Waals surface area contributed by atoms with Crippen LogP contribution in [0.3, 0.4) is 0 Å². The van der Waals surface area contributed by atoms with Gasteiger partial charge in [-0.3, -0.25) is 9.69 Å². The molecule has 2 atom stereocenters. The molecule has 1 amide bonds. The molecule has 2 fully saturated rings. The summed E-state index contributed by atoms with van der Waals surface area (Å²) in [4.78, 5) is 16.5. The molecular weight excluding hydrogens is 242 g/mol. The second-order valence-electron chi connectivity index (χ2n) is 6.13. The molecule has 19 heavy (non-hydrogen) atoms. The molecule has 5 heteroatoms. The lowest BCUT2D eigenvalue weighted by atomic mass is 10.0. The zero-order chi connectivity index (χ0) is 13.8. The van der Waals surface area contributed by atoms with Gasteiger partial charge in [0.1, 0.15) is 0 Å². The number of hydrogen-bond acceptors (Lipinski definition) is 4. The lowest BCUT2D eigenvalue weighted by Gasteiger charge is -2.37. The fourth-order valence-corrected chi connectivity index (χ4v) is 2.74. The zero-order valence-electron chi connectivity index (χ0n) is 12.2. The maximum Gasteiger partial charge on any atom is 0.239 e. The molecule has 0 radical (unpaired) electrons. The normalized spacial score (nSPS) is 26.9. The minimum atomic E-state index is -0.352. The Morgan fingerprint density at radius 1 is 1.32 bits per heavy atom. The lowest BCUT2D eigenvalue weighted by molar-refractivity contribution is -0.135. The van der Waals surface area contributed by atoms with Crippen molar-refractivity contribution in [2.45, 2.75) is 26.3 Å². The van der Waals surface area contributed by atoms with Gasteiger partial charge in [-0.25, -0.2) is 0 Å². The van der Waals surface area contributed by atoms with Crippen molar-refractivity contribution in [3.05, 3.63) is 0 Å². The second kappa shape index (κ2) is 6.68. The van der Waals surface area contributed by atoms with Crippen LogP contribution in [0.25, 0.3) is 0 Å². The first-order valence-corrected chi connectivity index (χ1v) is 7.42. The molecule has 0 aromatic rings. The Bertz CT molecular complexity index is 295. The van der Waals surface area contributed by atoms with Crippen LogP contribution in [0.4, 0.5) is 0 Å². The average Bonchev–Trinajstić information content (AvgIpc) is 2.90. The minimum absolute atomic E-state index is 0.110. The van der Waals surface area contributed by atoms with Gasteiger partial charge in [0.2, 0.25) is 5.91 Å². The van der Waals surface area contributed by atoms with Gasteiger partial charge in [0.15, 0.2) is 0 Å². The SMILES string of the molecule is CC(C)[C@H](N)C(=O)N1CCN(CC2CCOC2)CC1. The molecule has 0 aromatic carbocycles. The van der Waals surface area contributed by atoms with Gasteiger partial charge in [-0.1, -0.05) is 13.8 Å². The molecule has 2 aliphatic heterocycles. The van der Waals surface area contributed by atoms with E-state index in [4.69, 9.17) is 10.5 Å². The lowest BCUT2D eigenvalue weighted by Crippen LogP contribution is -2.54. The molecule has 2 N–H and O–H groups in total. The molecule has 2 heterocycles. The van der Waals surface area contributed by atoms with E-state index in [0.717, 1.165) is 45.9 Å². The van der Waals surface area contributed by atoms with Crippen molar-refractivity contribution in [3.63, 3.8) is 0 Å². The van der Waals surface area contributed by atoms with Crippen LogP contribution >= 0.6 is 0 Å². The molecule has 0 spiro atoms. The number of piperazine rings is 1. The average molecular weight is 269 g/mol. The van der Waals surface area contributed by atoms with E-state index in [0.29, 0.717) is 5.92 Å². The number of nitrogens with two attached hydrogens (primary N) is 1. The Balaban J connectivity index is 1.74. The van der Waals surface area contributed by atoms with Crippen molar-refractivity contribution in [2.75, 3.05) is 45.9 Å². The minimum Gasteiger partial charge on any atom is -0.381 e. The van der Waals surface area contributed by atoms with Crippen LogP contribution in [0, 0.1) is 11.8 Å². The molecule has 110 valence electrons. The van der Waals surface area contributed by atoms with Crippen LogP contribution in [0.2, 0.25) is 0 Å². The third-order valence-electron chi connectivity index (χ3n) is 4.23. The molecule has 2 aliphatic rings. The Kier molecular flexibility index (Phi) is 5.19. The number of amides is 1. The highest BCUT2D eigenvalue weighted by atomic mass is 16.5. The van der Waals surface area contributed by atoms with Crippen molar-refractivity contribution < 1.29 is 9.53 Å². The van der Waals surface area contributed by atoms with E-state index in [1.807, 2.05) is 18.7 Å². The number of carbonyl (C=O) groups excluding carboxylic acids is 1. The van der Waals surface area contributed by atoms with Gasteiger partial charge in [0.05, 0.1) is 12.6 Å². The van der Waals surface area contributed by atoms with Gasteiger partial charge in [-0.05, 0) is 18.3 Å². The Morgan fingerprint density at radius 2 is 2.00 bits per heavy atom. The van der Waals surface area contributed by atoms with Gasteiger partial charge in [-0.15, -0.1) is 0 Å². The van der Waals surface area contributed by atoms with Gasteiger partial charge < -0.3 is 15.4 Å². The standard InChI is InChI=1S/C14H27N3O2/c1-11(2)13(15)14(18)17-6-4-16(5-7-17)9-12-3-8-19-10-12/h11-13H,3-10,15H2,1-2H3/t12?,13-/m0/s1. The second-order valence-corrected chi connectivity index (χ2v) is 6.13. The third-order valence-corrected chi connectivity index (χ3v) is 4.23. The zero-order valence-corrected chi connectivity index (χ0v) is 12.2. The van der Waals surface area contributed by atoms with E-state index < -0.39 is 0 Å². The van der Waals surface area contributed by atoms with Crippen molar-refractivity contribution in [2.24, 2.45) is 17.6 Å².